The molecule has 0 amide bonds. The topological polar surface area (TPSA) is 26.7 Å². The molecule has 0 saturated carbocycles. The van der Waals surface area contributed by atoms with E-state index >= 15 is 0 Å². The van der Waals surface area contributed by atoms with Gasteiger partial charge in [0.2, 0.25) is 0 Å². The molecule has 0 aromatic heterocycles. The summed E-state index contributed by atoms with van der Waals surface area (Å²) in [5.74, 6) is 0. The van der Waals surface area contributed by atoms with Gasteiger partial charge in [0.05, 0.1) is 0 Å². The van der Waals surface area contributed by atoms with E-state index in [1.807, 2.05) is 20.2 Å². The molecular weight excluding hydrogens is 272 g/mol. The number of aliphatic hydroxyl groups excluding tert-OH is 1. The highest BCUT2D eigenvalue weighted by atomic mass is 16.3. The van der Waals surface area contributed by atoms with Gasteiger partial charge in [-0.1, -0.05) is 42.5 Å². The third-order valence-corrected chi connectivity index (χ3v) is 4.00. The second kappa shape index (κ2) is 7.97. The highest BCUT2D eigenvalue weighted by molar-refractivity contribution is 5.46. The van der Waals surface area contributed by atoms with Crippen molar-refractivity contribution in [2.75, 3.05) is 32.6 Å². The molecule has 1 unspecified atom stereocenters. The van der Waals surface area contributed by atoms with Gasteiger partial charge in [0.15, 0.2) is 0 Å². The van der Waals surface area contributed by atoms with Crippen LogP contribution in [0.4, 0.5) is 5.69 Å². The van der Waals surface area contributed by atoms with E-state index in [0.29, 0.717) is 0 Å². The zero-order chi connectivity index (χ0) is 15.9. The van der Waals surface area contributed by atoms with Crippen LogP contribution >= 0.6 is 0 Å². The van der Waals surface area contributed by atoms with Crippen molar-refractivity contribution in [3.05, 3.63) is 65.7 Å². The molecular formula is C19H26N2O. The van der Waals surface area contributed by atoms with Crippen molar-refractivity contribution in [3.8, 4) is 0 Å². The van der Waals surface area contributed by atoms with Gasteiger partial charge in [-0.25, -0.2) is 0 Å². The maximum absolute atomic E-state index is 9.38. The smallest absolute Gasteiger partial charge is 0.0449 e. The van der Waals surface area contributed by atoms with Crippen LogP contribution in [0.15, 0.2) is 54.6 Å². The number of rotatable bonds is 7. The Morgan fingerprint density at radius 3 is 2.09 bits per heavy atom. The summed E-state index contributed by atoms with van der Waals surface area (Å²) in [5.41, 5.74) is 3.75. The Kier molecular flexibility index (Phi) is 5.99. The fourth-order valence-corrected chi connectivity index (χ4v) is 2.74. The molecule has 3 heteroatoms. The van der Waals surface area contributed by atoms with Gasteiger partial charge in [0, 0.05) is 39.0 Å². The lowest BCUT2D eigenvalue weighted by molar-refractivity contribution is 0.180. The molecule has 2 rings (SSSR count). The van der Waals surface area contributed by atoms with E-state index in [9.17, 15) is 5.11 Å². The molecule has 2 aromatic carbocycles. The molecule has 0 spiro atoms. The second-order valence-corrected chi connectivity index (χ2v) is 5.91. The minimum Gasteiger partial charge on any atom is -0.396 e. The van der Waals surface area contributed by atoms with Crippen LogP contribution in [-0.4, -0.2) is 37.8 Å². The first kappa shape index (κ1) is 16.5. The summed E-state index contributed by atoms with van der Waals surface area (Å²) in [6.45, 7) is 1.07. The van der Waals surface area contributed by atoms with Gasteiger partial charge in [-0.2, -0.15) is 0 Å². The zero-order valence-electron chi connectivity index (χ0n) is 13.7. The molecule has 1 N–H and O–H groups in total. The van der Waals surface area contributed by atoms with E-state index in [1.54, 1.807) is 0 Å². The normalized spacial score (nSPS) is 12.4. The van der Waals surface area contributed by atoms with Crippen LogP contribution in [0.3, 0.4) is 0 Å². The molecule has 2 aromatic rings. The Labute approximate surface area is 133 Å². The Bertz CT molecular complexity index is 551. The predicted molar refractivity (Wildman–Crippen MR) is 93.1 cm³/mol. The van der Waals surface area contributed by atoms with Gasteiger partial charge in [-0.05, 0) is 36.7 Å². The summed E-state index contributed by atoms with van der Waals surface area (Å²) in [6, 6.07) is 19.3. The van der Waals surface area contributed by atoms with Gasteiger partial charge < -0.3 is 10.0 Å². The Morgan fingerprint density at radius 2 is 1.55 bits per heavy atom. The third-order valence-electron chi connectivity index (χ3n) is 4.00. The number of nitrogens with zero attached hydrogens (tertiary/aromatic N) is 2. The molecule has 0 fully saturated rings. The van der Waals surface area contributed by atoms with Crippen LogP contribution in [0, 0.1) is 0 Å². The van der Waals surface area contributed by atoms with Crippen LogP contribution in [0.5, 0.6) is 0 Å². The van der Waals surface area contributed by atoms with Crippen molar-refractivity contribution >= 4 is 5.69 Å². The molecule has 0 aliphatic rings. The molecule has 0 bridgehead atoms. The SMILES string of the molecule is CN(C)c1ccc(CN(C)C(CCO)c2ccccc2)cc1. The summed E-state index contributed by atoms with van der Waals surface area (Å²) in [7, 11) is 6.22. The predicted octanol–water partition coefficient (Wildman–Crippen LogP) is 3.31. The van der Waals surface area contributed by atoms with E-state index in [1.165, 1.54) is 16.8 Å². The molecule has 0 aliphatic heterocycles. The lowest BCUT2D eigenvalue weighted by Gasteiger charge is -2.28. The molecule has 0 radical (unpaired) electrons. The van der Waals surface area contributed by atoms with Crippen LogP contribution in [0.1, 0.15) is 23.6 Å². The van der Waals surface area contributed by atoms with Crippen molar-refractivity contribution in [2.45, 2.75) is 19.0 Å². The van der Waals surface area contributed by atoms with E-state index in [-0.39, 0.29) is 12.6 Å². The van der Waals surface area contributed by atoms with Gasteiger partial charge in [0.1, 0.15) is 0 Å². The number of aliphatic hydroxyl groups is 1. The summed E-state index contributed by atoms with van der Waals surface area (Å²) in [6.07, 6.45) is 0.746. The maximum atomic E-state index is 9.38. The molecule has 0 aliphatic carbocycles. The summed E-state index contributed by atoms with van der Waals surface area (Å²) in [5, 5.41) is 9.38. The van der Waals surface area contributed by atoms with E-state index in [2.05, 4.69) is 65.4 Å². The fraction of sp³-hybridized carbons (Fsp3) is 0.368. The minimum atomic E-state index is 0.198. The van der Waals surface area contributed by atoms with Gasteiger partial charge in [0.25, 0.3) is 0 Å². The number of benzene rings is 2. The fourth-order valence-electron chi connectivity index (χ4n) is 2.74. The molecule has 3 nitrogen and oxygen atoms in total. The standard InChI is InChI=1S/C19H26N2O/c1-20(2)18-11-9-16(10-12-18)15-21(3)19(13-14-22)17-7-5-4-6-8-17/h4-12,19,22H,13-15H2,1-3H3. The first-order valence-corrected chi connectivity index (χ1v) is 7.74. The molecule has 22 heavy (non-hydrogen) atoms. The molecule has 0 heterocycles. The van der Waals surface area contributed by atoms with Crippen LogP contribution in [0.25, 0.3) is 0 Å². The Balaban J connectivity index is 2.09. The van der Waals surface area contributed by atoms with E-state index < -0.39 is 0 Å². The quantitative estimate of drug-likeness (QED) is 0.849. The average Bonchev–Trinajstić information content (AvgIpc) is 2.53. The van der Waals surface area contributed by atoms with Gasteiger partial charge in [-0.15, -0.1) is 0 Å². The lowest BCUT2D eigenvalue weighted by Crippen LogP contribution is -2.25. The second-order valence-electron chi connectivity index (χ2n) is 5.91. The number of hydrogen-bond acceptors (Lipinski definition) is 3. The highest BCUT2D eigenvalue weighted by Crippen LogP contribution is 2.24. The van der Waals surface area contributed by atoms with Gasteiger partial charge >= 0.3 is 0 Å². The Morgan fingerprint density at radius 1 is 0.909 bits per heavy atom. The lowest BCUT2D eigenvalue weighted by atomic mass is 10.0. The van der Waals surface area contributed by atoms with Crippen LogP contribution in [-0.2, 0) is 6.54 Å². The maximum Gasteiger partial charge on any atom is 0.0449 e. The van der Waals surface area contributed by atoms with Crippen molar-refractivity contribution < 1.29 is 5.11 Å². The largest absolute Gasteiger partial charge is 0.396 e. The molecule has 118 valence electrons. The van der Waals surface area contributed by atoms with Gasteiger partial charge in [-0.3, -0.25) is 4.90 Å². The third kappa shape index (κ3) is 4.33. The first-order chi connectivity index (χ1) is 10.6. The van der Waals surface area contributed by atoms with Crippen molar-refractivity contribution in [3.63, 3.8) is 0 Å². The summed E-state index contributed by atoms with van der Waals surface area (Å²) in [4.78, 5) is 4.41. The highest BCUT2D eigenvalue weighted by Gasteiger charge is 2.16. The first-order valence-electron chi connectivity index (χ1n) is 7.74. The van der Waals surface area contributed by atoms with Crippen molar-refractivity contribution in [1.82, 2.24) is 4.90 Å². The molecule has 0 saturated heterocycles. The minimum absolute atomic E-state index is 0.198. The number of anilines is 1. The number of hydrogen-bond donors (Lipinski definition) is 1. The summed E-state index contributed by atoms with van der Waals surface area (Å²) < 4.78 is 0. The van der Waals surface area contributed by atoms with Crippen LogP contribution in [0.2, 0.25) is 0 Å². The zero-order valence-corrected chi connectivity index (χ0v) is 13.7. The molecule has 1 atom stereocenters. The van der Waals surface area contributed by atoms with Crippen molar-refractivity contribution in [1.29, 1.82) is 0 Å². The Hall–Kier alpha value is -1.84. The average molecular weight is 298 g/mol. The van der Waals surface area contributed by atoms with Crippen molar-refractivity contribution in [2.24, 2.45) is 0 Å². The summed E-state index contributed by atoms with van der Waals surface area (Å²) >= 11 is 0. The van der Waals surface area contributed by atoms with Crippen LogP contribution < -0.4 is 4.90 Å². The monoisotopic (exact) mass is 298 g/mol. The van der Waals surface area contributed by atoms with E-state index in [4.69, 9.17) is 0 Å². The van der Waals surface area contributed by atoms with E-state index in [0.717, 1.165) is 13.0 Å².